The zero-order valence-electron chi connectivity index (χ0n) is 12.2. The SMILES string of the molecule is CCC(NC)c1ccccc1Sc1nc2ccccc2s1. The highest BCUT2D eigenvalue weighted by Gasteiger charge is 2.13. The molecule has 108 valence electrons. The predicted molar refractivity (Wildman–Crippen MR) is 92.3 cm³/mol. The van der Waals surface area contributed by atoms with E-state index in [-0.39, 0.29) is 0 Å². The van der Waals surface area contributed by atoms with Crippen molar-refractivity contribution in [1.29, 1.82) is 0 Å². The molecule has 4 heteroatoms. The first-order valence-corrected chi connectivity index (χ1v) is 8.74. The third-order valence-electron chi connectivity index (χ3n) is 3.52. The fourth-order valence-corrected chi connectivity index (χ4v) is 4.64. The summed E-state index contributed by atoms with van der Waals surface area (Å²) in [6.45, 7) is 2.21. The maximum Gasteiger partial charge on any atom is 0.155 e. The minimum Gasteiger partial charge on any atom is -0.313 e. The van der Waals surface area contributed by atoms with E-state index in [0.717, 1.165) is 16.3 Å². The molecule has 0 aliphatic carbocycles. The molecule has 3 aromatic rings. The average molecular weight is 314 g/mol. The van der Waals surface area contributed by atoms with Crippen LogP contribution in [0, 0.1) is 0 Å². The highest BCUT2D eigenvalue weighted by molar-refractivity contribution is 8.01. The summed E-state index contributed by atoms with van der Waals surface area (Å²) in [7, 11) is 2.02. The van der Waals surface area contributed by atoms with Crippen LogP contribution < -0.4 is 5.32 Å². The number of hydrogen-bond acceptors (Lipinski definition) is 4. The van der Waals surface area contributed by atoms with Crippen molar-refractivity contribution in [3.8, 4) is 0 Å². The molecule has 0 aliphatic heterocycles. The standard InChI is InChI=1S/C17H18N2S2/c1-3-13(18-2)12-8-4-6-10-15(12)20-17-19-14-9-5-7-11-16(14)21-17/h4-11,13,18H,3H2,1-2H3. The molecule has 1 unspecified atom stereocenters. The summed E-state index contributed by atoms with van der Waals surface area (Å²) in [5, 5.41) is 3.39. The van der Waals surface area contributed by atoms with Crippen LogP contribution in [-0.2, 0) is 0 Å². The fraction of sp³-hybridized carbons (Fsp3) is 0.235. The van der Waals surface area contributed by atoms with E-state index in [1.54, 1.807) is 23.1 Å². The lowest BCUT2D eigenvalue weighted by Gasteiger charge is -2.17. The number of hydrogen-bond donors (Lipinski definition) is 1. The molecule has 0 amide bonds. The molecule has 0 radical (unpaired) electrons. The van der Waals surface area contributed by atoms with Crippen LogP contribution >= 0.6 is 23.1 Å². The first-order valence-electron chi connectivity index (χ1n) is 7.11. The summed E-state index contributed by atoms with van der Waals surface area (Å²) in [6, 6.07) is 17.3. The van der Waals surface area contributed by atoms with Crippen molar-refractivity contribution in [3.63, 3.8) is 0 Å². The van der Waals surface area contributed by atoms with Crippen molar-refractivity contribution in [1.82, 2.24) is 10.3 Å². The van der Waals surface area contributed by atoms with Gasteiger partial charge < -0.3 is 5.32 Å². The number of fused-ring (bicyclic) bond motifs is 1. The van der Waals surface area contributed by atoms with Crippen LogP contribution in [0.2, 0.25) is 0 Å². The summed E-state index contributed by atoms with van der Waals surface area (Å²) in [4.78, 5) is 6.01. The van der Waals surface area contributed by atoms with Crippen molar-refractivity contribution in [2.45, 2.75) is 28.6 Å². The molecule has 2 aromatic carbocycles. The van der Waals surface area contributed by atoms with Gasteiger partial charge in [-0.05, 0) is 37.2 Å². The Morgan fingerprint density at radius 2 is 1.90 bits per heavy atom. The van der Waals surface area contributed by atoms with Gasteiger partial charge in [0.25, 0.3) is 0 Å². The molecule has 0 fully saturated rings. The largest absolute Gasteiger partial charge is 0.313 e. The van der Waals surface area contributed by atoms with E-state index >= 15 is 0 Å². The van der Waals surface area contributed by atoms with Gasteiger partial charge in [-0.1, -0.05) is 49.0 Å². The summed E-state index contributed by atoms with van der Waals surface area (Å²) >= 11 is 3.53. The number of nitrogens with one attached hydrogen (secondary N) is 1. The van der Waals surface area contributed by atoms with Gasteiger partial charge in [-0.2, -0.15) is 0 Å². The van der Waals surface area contributed by atoms with Crippen LogP contribution in [0.15, 0.2) is 57.8 Å². The molecular formula is C17H18N2S2. The maximum atomic E-state index is 4.72. The summed E-state index contributed by atoms with van der Waals surface area (Å²) in [5.41, 5.74) is 2.44. The minimum atomic E-state index is 0.392. The summed E-state index contributed by atoms with van der Waals surface area (Å²) in [6.07, 6.45) is 1.08. The van der Waals surface area contributed by atoms with Crippen LogP contribution in [0.3, 0.4) is 0 Å². The number of rotatable bonds is 5. The lowest BCUT2D eigenvalue weighted by atomic mass is 10.1. The van der Waals surface area contributed by atoms with E-state index < -0.39 is 0 Å². The Kier molecular flexibility index (Phi) is 4.58. The Morgan fingerprint density at radius 3 is 2.67 bits per heavy atom. The third kappa shape index (κ3) is 3.12. The Labute approximate surface area is 133 Å². The second-order valence-electron chi connectivity index (χ2n) is 4.84. The summed E-state index contributed by atoms with van der Waals surface area (Å²) in [5.74, 6) is 0. The molecule has 3 rings (SSSR count). The normalized spacial score (nSPS) is 12.7. The molecule has 0 saturated heterocycles. The molecule has 1 atom stereocenters. The Hall–Kier alpha value is -1.36. The number of benzene rings is 2. The Bertz CT molecular complexity index is 699. The van der Waals surface area contributed by atoms with E-state index in [0.29, 0.717) is 6.04 Å². The lowest BCUT2D eigenvalue weighted by Crippen LogP contribution is -2.15. The van der Waals surface area contributed by atoms with Gasteiger partial charge in [-0.25, -0.2) is 4.98 Å². The van der Waals surface area contributed by atoms with Gasteiger partial charge in [0.2, 0.25) is 0 Å². The van der Waals surface area contributed by atoms with E-state index in [1.165, 1.54) is 15.2 Å². The lowest BCUT2D eigenvalue weighted by molar-refractivity contribution is 0.568. The molecule has 0 bridgehead atoms. The van der Waals surface area contributed by atoms with E-state index in [2.05, 4.69) is 54.7 Å². The Balaban J connectivity index is 1.94. The fourth-order valence-electron chi connectivity index (χ4n) is 2.43. The highest BCUT2D eigenvalue weighted by atomic mass is 32.2. The van der Waals surface area contributed by atoms with Crippen LogP contribution in [0.4, 0.5) is 0 Å². The monoisotopic (exact) mass is 314 g/mol. The quantitative estimate of drug-likeness (QED) is 0.707. The first-order chi connectivity index (χ1) is 10.3. The number of aromatic nitrogens is 1. The molecule has 2 nitrogen and oxygen atoms in total. The number of nitrogens with zero attached hydrogens (tertiary/aromatic N) is 1. The van der Waals surface area contributed by atoms with E-state index in [9.17, 15) is 0 Å². The van der Waals surface area contributed by atoms with Gasteiger partial charge in [-0.3, -0.25) is 0 Å². The highest BCUT2D eigenvalue weighted by Crippen LogP contribution is 2.37. The van der Waals surface area contributed by atoms with Gasteiger partial charge in [0, 0.05) is 10.9 Å². The average Bonchev–Trinajstić information content (AvgIpc) is 2.92. The van der Waals surface area contributed by atoms with Crippen LogP contribution in [0.5, 0.6) is 0 Å². The third-order valence-corrected chi connectivity index (χ3v) is 5.71. The maximum absolute atomic E-state index is 4.72. The second kappa shape index (κ2) is 6.60. The first kappa shape index (κ1) is 14.6. The molecular weight excluding hydrogens is 296 g/mol. The predicted octanol–water partition coefficient (Wildman–Crippen LogP) is 5.12. The number of para-hydroxylation sites is 1. The zero-order valence-corrected chi connectivity index (χ0v) is 13.8. The number of thiazole rings is 1. The van der Waals surface area contributed by atoms with Gasteiger partial charge >= 0.3 is 0 Å². The van der Waals surface area contributed by atoms with Crippen molar-refractivity contribution >= 4 is 33.3 Å². The topological polar surface area (TPSA) is 24.9 Å². The van der Waals surface area contributed by atoms with Crippen molar-refractivity contribution < 1.29 is 0 Å². The van der Waals surface area contributed by atoms with Crippen molar-refractivity contribution in [3.05, 3.63) is 54.1 Å². The molecule has 1 heterocycles. The van der Waals surface area contributed by atoms with E-state index in [1.807, 2.05) is 13.1 Å². The Morgan fingerprint density at radius 1 is 1.14 bits per heavy atom. The second-order valence-corrected chi connectivity index (χ2v) is 7.16. The zero-order chi connectivity index (χ0) is 14.7. The smallest absolute Gasteiger partial charge is 0.155 e. The van der Waals surface area contributed by atoms with Crippen molar-refractivity contribution in [2.75, 3.05) is 7.05 Å². The van der Waals surface area contributed by atoms with Crippen LogP contribution in [-0.4, -0.2) is 12.0 Å². The molecule has 0 spiro atoms. The minimum absolute atomic E-state index is 0.392. The van der Waals surface area contributed by atoms with Gasteiger partial charge in [0.1, 0.15) is 0 Å². The molecule has 1 N–H and O–H groups in total. The van der Waals surface area contributed by atoms with Crippen LogP contribution in [0.1, 0.15) is 24.9 Å². The summed E-state index contributed by atoms with van der Waals surface area (Å²) < 4.78 is 2.35. The van der Waals surface area contributed by atoms with E-state index in [4.69, 9.17) is 4.98 Å². The molecule has 0 saturated carbocycles. The molecule has 21 heavy (non-hydrogen) atoms. The van der Waals surface area contributed by atoms with Gasteiger partial charge in [0.05, 0.1) is 10.2 Å². The van der Waals surface area contributed by atoms with Gasteiger partial charge in [0.15, 0.2) is 4.34 Å². The molecule has 1 aromatic heterocycles. The van der Waals surface area contributed by atoms with Gasteiger partial charge in [-0.15, -0.1) is 11.3 Å². The van der Waals surface area contributed by atoms with Crippen LogP contribution in [0.25, 0.3) is 10.2 Å². The molecule has 0 aliphatic rings. The van der Waals surface area contributed by atoms with Crippen molar-refractivity contribution in [2.24, 2.45) is 0 Å².